The van der Waals surface area contributed by atoms with Gasteiger partial charge in [0.2, 0.25) is 0 Å². The van der Waals surface area contributed by atoms with Gasteiger partial charge in [0.1, 0.15) is 11.5 Å². The van der Waals surface area contributed by atoms with Gasteiger partial charge in [0.05, 0.1) is 18.9 Å². The first-order valence-corrected chi connectivity index (χ1v) is 12.1. The van der Waals surface area contributed by atoms with Crippen LogP contribution in [0.2, 0.25) is 0 Å². The number of hydrogen-bond acceptors (Lipinski definition) is 6. The van der Waals surface area contributed by atoms with E-state index >= 15 is 0 Å². The van der Waals surface area contributed by atoms with Crippen LogP contribution in [0.1, 0.15) is 15.2 Å². The first kappa shape index (κ1) is 22.3. The number of nitrogens with zero attached hydrogens (tertiary/aromatic N) is 2. The average molecular weight is 472 g/mol. The van der Waals surface area contributed by atoms with Gasteiger partial charge in [-0.2, -0.15) is 0 Å². The second-order valence-corrected chi connectivity index (χ2v) is 9.03. The number of ether oxygens (including phenoxy) is 2. The summed E-state index contributed by atoms with van der Waals surface area (Å²) in [5.74, 6) is 1.11. The molecule has 1 aliphatic rings. The minimum Gasteiger partial charge on any atom is -0.457 e. The number of benzene rings is 3. The van der Waals surface area contributed by atoms with Crippen molar-refractivity contribution in [1.82, 2.24) is 9.88 Å². The van der Waals surface area contributed by atoms with Crippen molar-refractivity contribution < 1.29 is 14.3 Å². The number of aromatic nitrogens is 1. The van der Waals surface area contributed by atoms with E-state index in [0.717, 1.165) is 54.7 Å². The van der Waals surface area contributed by atoms with Gasteiger partial charge in [-0.05, 0) is 30.3 Å². The Labute approximate surface area is 202 Å². The molecule has 3 aromatic carbocycles. The van der Waals surface area contributed by atoms with Crippen molar-refractivity contribution in [3.8, 4) is 22.8 Å². The Balaban J connectivity index is 1.35. The number of carbonyl (C=O) groups excluding carboxylic acids is 1. The molecule has 1 aliphatic heterocycles. The largest absolute Gasteiger partial charge is 0.457 e. The highest BCUT2D eigenvalue weighted by Crippen LogP contribution is 2.33. The van der Waals surface area contributed by atoms with Crippen molar-refractivity contribution >= 4 is 22.4 Å². The van der Waals surface area contributed by atoms with Crippen LogP contribution in [-0.4, -0.2) is 42.1 Å². The molecule has 0 atom stereocenters. The zero-order chi connectivity index (χ0) is 23.2. The molecule has 5 rings (SSSR count). The number of nitrogens with one attached hydrogen (secondary N) is 1. The molecule has 2 heterocycles. The summed E-state index contributed by atoms with van der Waals surface area (Å²) >= 11 is 1.52. The number of hydrogen-bond donors (Lipinski definition) is 1. The summed E-state index contributed by atoms with van der Waals surface area (Å²) in [7, 11) is 0. The third-order valence-corrected chi connectivity index (χ3v) is 6.47. The van der Waals surface area contributed by atoms with Crippen molar-refractivity contribution in [3.05, 3.63) is 95.4 Å². The predicted molar refractivity (Wildman–Crippen MR) is 135 cm³/mol. The summed E-state index contributed by atoms with van der Waals surface area (Å²) in [6, 6.07) is 26.8. The maximum Gasteiger partial charge on any atom is 0.257 e. The Morgan fingerprint density at radius 1 is 0.941 bits per heavy atom. The van der Waals surface area contributed by atoms with Gasteiger partial charge in [-0.15, -0.1) is 0 Å². The Morgan fingerprint density at radius 2 is 1.65 bits per heavy atom. The molecule has 1 amide bonds. The molecule has 4 aromatic rings. The van der Waals surface area contributed by atoms with E-state index in [0.29, 0.717) is 16.4 Å². The summed E-state index contributed by atoms with van der Waals surface area (Å²) in [6.45, 7) is 4.04. The van der Waals surface area contributed by atoms with E-state index in [1.807, 2.05) is 72.8 Å². The van der Waals surface area contributed by atoms with Crippen molar-refractivity contribution in [2.45, 2.75) is 6.54 Å². The molecule has 0 aliphatic carbocycles. The molecule has 1 aromatic heterocycles. The van der Waals surface area contributed by atoms with E-state index in [9.17, 15) is 4.79 Å². The molecule has 34 heavy (non-hydrogen) atoms. The van der Waals surface area contributed by atoms with Crippen molar-refractivity contribution in [2.75, 3.05) is 31.6 Å². The summed E-state index contributed by atoms with van der Waals surface area (Å²) in [5.41, 5.74) is 2.47. The standard InChI is InChI=1S/C27H25N3O3S/c31-26(21-10-7-13-23(18-21)33-22-11-5-2-6-12-22)29-27-28-25(20-8-3-1-4-9-20)24(34-27)19-30-14-16-32-17-15-30/h1-13,18H,14-17,19H2,(H,28,29,31). The molecular formula is C27H25N3O3S. The lowest BCUT2D eigenvalue weighted by molar-refractivity contribution is 0.0347. The SMILES string of the molecule is O=C(Nc1nc(-c2ccccc2)c(CN2CCOCC2)s1)c1cccc(Oc2ccccc2)c1. The minimum atomic E-state index is -0.218. The van der Waals surface area contributed by atoms with E-state index < -0.39 is 0 Å². The second kappa shape index (κ2) is 10.6. The van der Waals surface area contributed by atoms with Crippen molar-refractivity contribution in [1.29, 1.82) is 0 Å². The third-order valence-electron chi connectivity index (χ3n) is 5.51. The van der Waals surface area contributed by atoms with Gasteiger partial charge < -0.3 is 9.47 Å². The number of para-hydroxylation sites is 1. The third kappa shape index (κ3) is 5.51. The number of carbonyl (C=O) groups is 1. The maximum absolute atomic E-state index is 13.0. The lowest BCUT2D eigenvalue weighted by atomic mass is 10.1. The van der Waals surface area contributed by atoms with E-state index in [1.165, 1.54) is 11.3 Å². The molecule has 6 nitrogen and oxygen atoms in total. The quantitative estimate of drug-likeness (QED) is 0.375. The summed E-state index contributed by atoms with van der Waals surface area (Å²) < 4.78 is 11.4. The molecule has 1 saturated heterocycles. The molecule has 1 N–H and O–H groups in total. The fourth-order valence-corrected chi connectivity index (χ4v) is 4.81. The summed E-state index contributed by atoms with van der Waals surface area (Å²) in [6.07, 6.45) is 0. The highest BCUT2D eigenvalue weighted by atomic mass is 32.1. The number of anilines is 1. The summed E-state index contributed by atoms with van der Waals surface area (Å²) in [5, 5.41) is 3.57. The lowest BCUT2D eigenvalue weighted by Gasteiger charge is -2.26. The van der Waals surface area contributed by atoms with E-state index in [2.05, 4.69) is 10.2 Å². The number of morpholine rings is 1. The zero-order valence-corrected chi connectivity index (χ0v) is 19.5. The predicted octanol–water partition coefficient (Wildman–Crippen LogP) is 5.69. The molecule has 0 radical (unpaired) electrons. The second-order valence-electron chi connectivity index (χ2n) is 7.94. The lowest BCUT2D eigenvalue weighted by Crippen LogP contribution is -2.35. The highest BCUT2D eigenvalue weighted by Gasteiger charge is 2.19. The van der Waals surface area contributed by atoms with E-state index in [-0.39, 0.29) is 5.91 Å². The van der Waals surface area contributed by atoms with Crippen LogP contribution in [0.4, 0.5) is 5.13 Å². The van der Waals surface area contributed by atoms with Crippen LogP contribution in [0.5, 0.6) is 11.5 Å². The fourth-order valence-electron chi connectivity index (χ4n) is 3.79. The minimum absolute atomic E-state index is 0.218. The maximum atomic E-state index is 13.0. The van der Waals surface area contributed by atoms with Crippen LogP contribution in [0.3, 0.4) is 0 Å². The zero-order valence-electron chi connectivity index (χ0n) is 18.6. The van der Waals surface area contributed by atoms with Gasteiger partial charge in [0.15, 0.2) is 5.13 Å². The van der Waals surface area contributed by atoms with Crippen LogP contribution in [0.15, 0.2) is 84.9 Å². The summed E-state index contributed by atoms with van der Waals surface area (Å²) in [4.78, 5) is 21.3. The van der Waals surface area contributed by atoms with Gasteiger partial charge >= 0.3 is 0 Å². The Morgan fingerprint density at radius 3 is 2.41 bits per heavy atom. The first-order chi connectivity index (χ1) is 16.7. The van der Waals surface area contributed by atoms with E-state index in [1.54, 1.807) is 12.1 Å². The molecule has 7 heteroatoms. The fraction of sp³-hybridized carbons (Fsp3) is 0.185. The topological polar surface area (TPSA) is 63.7 Å². The van der Waals surface area contributed by atoms with Gasteiger partial charge in [0.25, 0.3) is 5.91 Å². The van der Waals surface area contributed by atoms with Gasteiger partial charge in [-0.25, -0.2) is 4.98 Å². The highest BCUT2D eigenvalue weighted by molar-refractivity contribution is 7.16. The van der Waals surface area contributed by atoms with Crippen LogP contribution in [0.25, 0.3) is 11.3 Å². The number of thiazole rings is 1. The molecule has 0 saturated carbocycles. The van der Waals surface area contributed by atoms with Crippen molar-refractivity contribution in [2.24, 2.45) is 0 Å². The van der Waals surface area contributed by atoms with Crippen LogP contribution < -0.4 is 10.1 Å². The van der Waals surface area contributed by atoms with Gasteiger partial charge in [0, 0.05) is 35.6 Å². The smallest absolute Gasteiger partial charge is 0.257 e. The molecular weight excluding hydrogens is 446 g/mol. The molecule has 1 fully saturated rings. The molecule has 0 bridgehead atoms. The van der Waals surface area contributed by atoms with Crippen LogP contribution >= 0.6 is 11.3 Å². The average Bonchev–Trinajstić information content (AvgIpc) is 3.28. The monoisotopic (exact) mass is 471 g/mol. The number of rotatable bonds is 7. The molecule has 0 unspecified atom stereocenters. The normalized spacial score (nSPS) is 14.0. The Bertz CT molecular complexity index is 1240. The van der Waals surface area contributed by atoms with Crippen LogP contribution in [-0.2, 0) is 11.3 Å². The van der Waals surface area contributed by atoms with Gasteiger partial charge in [-0.3, -0.25) is 15.0 Å². The van der Waals surface area contributed by atoms with Crippen molar-refractivity contribution in [3.63, 3.8) is 0 Å². The number of amides is 1. The van der Waals surface area contributed by atoms with Gasteiger partial charge in [-0.1, -0.05) is 65.9 Å². The van der Waals surface area contributed by atoms with Crippen LogP contribution in [0, 0.1) is 0 Å². The molecule has 0 spiro atoms. The molecule has 172 valence electrons. The Hall–Kier alpha value is -3.52. The first-order valence-electron chi connectivity index (χ1n) is 11.2. The Kier molecular flexibility index (Phi) is 6.95. The van der Waals surface area contributed by atoms with E-state index in [4.69, 9.17) is 14.5 Å².